The van der Waals surface area contributed by atoms with Crippen molar-refractivity contribution in [1.29, 1.82) is 0 Å². The van der Waals surface area contributed by atoms with Crippen LogP contribution in [0.15, 0.2) is 54.9 Å². The quantitative estimate of drug-likeness (QED) is 0.521. The molecule has 3 aromatic rings. The number of aromatic nitrogens is 2. The molecule has 0 unspecified atom stereocenters. The van der Waals surface area contributed by atoms with Crippen molar-refractivity contribution in [3.63, 3.8) is 0 Å². The summed E-state index contributed by atoms with van der Waals surface area (Å²) in [6.45, 7) is 1.91. The molecule has 4 rings (SSSR count). The lowest BCUT2D eigenvalue weighted by atomic mass is 10.2. The molecular formula is C24H25ClFN5O2. The summed E-state index contributed by atoms with van der Waals surface area (Å²) in [5, 5.41) is 3.95. The summed E-state index contributed by atoms with van der Waals surface area (Å²) in [6, 6.07) is 9.97. The molecule has 0 spiro atoms. The Morgan fingerprint density at radius 1 is 1.30 bits per heavy atom. The van der Waals surface area contributed by atoms with E-state index in [9.17, 15) is 9.18 Å². The number of hydrogen-bond donors (Lipinski definition) is 1. The lowest BCUT2D eigenvalue weighted by Gasteiger charge is -2.16. The molecule has 1 aliphatic heterocycles. The van der Waals surface area contributed by atoms with Crippen molar-refractivity contribution in [3.05, 3.63) is 65.7 Å². The molecule has 1 aromatic heterocycles. The number of nitrogens with zero attached hydrogens (tertiary/aromatic N) is 4. The number of anilines is 2. The summed E-state index contributed by atoms with van der Waals surface area (Å²) in [5.41, 5.74) is 1.35. The predicted molar refractivity (Wildman–Crippen MR) is 128 cm³/mol. The van der Waals surface area contributed by atoms with E-state index in [1.807, 2.05) is 43.3 Å². The molecule has 2 aromatic carbocycles. The van der Waals surface area contributed by atoms with Crippen LogP contribution in [-0.2, 0) is 4.79 Å². The zero-order valence-corrected chi connectivity index (χ0v) is 19.2. The molecule has 1 N–H and O–H groups in total. The number of nitrogens with one attached hydrogen (secondary N) is 1. The van der Waals surface area contributed by atoms with E-state index in [2.05, 4.69) is 15.3 Å². The maximum atomic E-state index is 13.5. The first-order valence-corrected chi connectivity index (χ1v) is 11.0. The van der Waals surface area contributed by atoms with Gasteiger partial charge in [-0.1, -0.05) is 17.7 Å². The molecule has 1 aliphatic rings. The lowest BCUT2D eigenvalue weighted by molar-refractivity contribution is -0.125. The highest BCUT2D eigenvalue weighted by Crippen LogP contribution is 2.29. The Balaban J connectivity index is 1.46. The number of benzene rings is 2. The van der Waals surface area contributed by atoms with Crippen molar-refractivity contribution in [1.82, 2.24) is 19.8 Å². The maximum Gasteiger partial charge on any atom is 0.246 e. The van der Waals surface area contributed by atoms with E-state index in [1.165, 1.54) is 18.5 Å². The highest BCUT2D eigenvalue weighted by Gasteiger charge is 2.26. The van der Waals surface area contributed by atoms with Crippen LogP contribution in [-0.4, -0.2) is 65.5 Å². The van der Waals surface area contributed by atoms with Gasteiger partial charge in [-0.05, 0) is 50.5 Å². The van der Waals surface area contributed by atoms with Crippen LogP contribution in [0.4, 0.5) is 15.9 Å². The number of carbonyl (C=O) groups excluding carboxylic acids is 1. The summed E-state index contributed by atoms with van der Waals surface area (Å²) in [6.07, 6.45) is 5.61. The molecule has 1 saturated heterocycles. The van der Waals surface area contributed by atoms with Crippen molar-refractivity contribution >= 4 is 39.9 Å². The average molecular weight is 470 g/mol. The van der Waals surface area contributed by atoms with Crippen molar-refractivity contribution < 1.29 is 13.9 Å². The molecule has 0 bridgehead atoms. The minimum Gasteiger partial charge on any atom is -0.488 e. The summed E-state index contributed by atoms with van der Waals surface area (Å²) in [7, 11) is 3.91. The van der Waals surface area contributed by atoms with Gasteiger partial charge in [-0.3, -0.25) is 4.79 Å². The van der Waals surface area contributed by atoms with E-state index in [1.54, 1.807) is 17.0 Å². The standard InChI is InChI=1S/C24H25ClFN5O2/c1-30(2)10-3-4-23(32)31-11-9-18(14-31)33-17-6-8-22-19(13-17)24(28-15-27-22)29-16-5-7-21(26)20(25)12-16/h3-8,12-13,15,18H,9-11,14H2,1-2H3,(H,27,28,29)/t18-/m0/s1. The third kappa shape index (κ3) is 5.77. The molecule has 172 valence electrons. The van der Waals surface area contributed by atoms with Gasteiger partial charge in [-0.2, -0.15) is 0 Å². The third-order valence-corrected chi connectivity index (χ3v) is 5.57. The summed E-state index contributed by atoms with van der Waals surface area (Å²) in [4.78, 5) is 24.8. The first-order valence-electron chi connectivity index (χ1n) is 10.6. The van der Waals surface area contributed by atoms with Crippen LogP contribution in [0.5, 0.6) is 5.75 Å². The van der Waals surface area contributed by atoms with Gasteiger partial charge in [-0.15, -0.1) is 0 Å². The molecule has 2 heterocycles. The molecule has 0 saturated carbocycles. The van der Waals surface area contributed by atoms with E-state index >= 15 is 0 Å². The molecule has 33 heavy (non-hydrogen) atoms. The van der Waals surface area contributed by atoms with Gasteiger partial charge >= 0.3 is 0 Å². The molecule has 1 atom stereocenters. The van der Waals surface area contributed by atoms with Crippen LogP contribution >= 0.6 is 11.6 Å². The molecular weight excluding hydrogens is 445 g/mol. The van der Waals surface area contributed by atoms with Gasteiger partial charge in [-0.25, -0.2) is 14.4 Å². The fourth-order valence-corrected chi connectivity index (χ4v) is 3.79. The Bertz CT molecular complexity index is 1190. The Labute approximate surface area is 196 Å². The summed E-state index contributed by atoms with van der Waals surface area (Å²) < 4.78 is 19.6. The van der Waals surface area contributed by atoms with Crippen LogP contribution in [0.3, 0.4) is 0 Å². The first kappa shape index (κ1) is 22.9. The molecule has 0 radical (unpaired) electrons. The van der Waals surface area contributed by atoms with Crippen molar-refractivity contribution in [2.45, 2.75) is 12.5 Å². The predicted octanol–water partition coefficient (Wildman–Crippen LogP) is 4.26. The van der Waals surface area contributed by atoms with Crippen LogP contribution < -0.4 is 10.1 Å². The Kier molecular flexibility index (Phi) is 7.05. The van der Waals surface area contributed by atoms with Gasteiger partial charge < -0.3 is 19.9 Å². The number of likely N-dealkylation sites (N-methyl/N-ethyl adjacent to an activating group) is 1. The fourth-order valence-electron chi connectivity index (χ4n) is 3.61. The van der Waals surface area contributed by atoms with Gasteiger partial charge in [0, 0.05) is 36.7 Å². The smallest absolute Gasteiger partial charge is 0.246 e. The lowest BCUT2D eigenvalue weighted by Crippen LogP contribution is -2.29. The molecule has 1 amide bonds. The van der Waals surface area contributed by atoms with E-state index in [0.717, 1.165) is 23.9 Å². The second-order valence-electron chi connectivity index (χ2n) is 8.13. The van der Waals surface area contributed by atoms with E-state index in [-0.39, 0.29) is 17.0 Å². The molecule has 7 nitrogen and oxygen atoms in total. The molecule has 1 fully saturated rings. The third-order valence-electron chi connectivity index (χ3n) is 5.28. The van der Waals surface area contributed by atoms with Crippen LogP contribution in [0, 0.1) is 5.82 Å². The molecule has 0 aliphatic carbocycles. The van der Waals surface area contributed by atoms with Gasteiger partial charge in [0.15, 0.2) is 0 Å². The number of halogens is 2. The number of carbonyl (C=O) groups is 1. The largest absolute Gasteiger partial charge is 0.488 e. The minimum atomic E-state index is -0.484. The number of likely N-dealkylation sites (tertiary alicyclic amines) is 1. The number of rotatable bonds is 7. The number of hydrogen-bond acceptors (Lipinski definition) is 6. The zero-order chi connectivity index (χ0) is 23.4. The van der Waals surface area contributed by atoms with Crippen LogP contribution in [0.2, 0.25) is 5.02 Å². The highest BCUT2D eigenvalue weighted by molar-refractivity contribution is 6.31. The first-order chi connectivity index (χ1) is 15.9. The van der Waals surface area contributed by atoms with E-state index in [0.29, 0.717) is 30.3 Å². The second kappa shape index (κ2) is 10.1. The maximum absolute atomic E-state index is 13.5. The van der Waals surface area contributed by atoms with E-state index in [4.69, 9.17) is 16.3 Å². The van der Waals surface area contributed by atoms with Crippen molar-refractivity contribution in [2.75, 3.05) is 39.0 Å². The van der Waals surface area contributed by atoms with E-state index < -0.39 is 5.82 Å². The fraction of sp³-hybridized carbons (Fsp3) is 0.292. The average Bonchev–Trinajstić information content (AvgIpc) is 3.25. The molecule has 9 heteroatoms. The number of amides is 1. The normalized spacial score (nSPS) is 16.2. The van der Waals surface area contributed by atoms with Crippen LogP contribution in [0.25, 0.3) is 10.9 Å². The van der Waals surface area contributed by atoms with Crippen LogP contribution in [0.1, 0.15) is 6.42 Å². The van der Waals surface area contributed by atoms with Crippen molar-refractivity contribution in [3.8, 4) is 5.75 Å². The number of fused-ring (bicyclic) bond motifs is 1. The Morgan fingerprint density at radius 3 is 2.94 bits per heavy atom. The van der Waals surface area contributed by atoms with Gasteiger partial charge in [0.05, 0.1) is 17.1 Å². The highest BCUT2D eigenvalue weighted by atomic mass is 35.5. The topological polar surface area (TPSA) is 70.6 Å². The summed E-state index contributed by atoms with van der Waals surface area (Å²) in [5.74, 6) is 0.740. The number of ether oxygens (including phenoxy) is 1. The second-order valence-corrected chi connectivity index (χ2v) is 8.54. The summed E-state index contributed by atoms with van der Waals surface area (Å²) >= 11 is 5.89. The zero-order valence-electron chi connectivity index (χ0n) is 18.5. The SMILES string of the molecule is CN(C)CC=CC(=O)N1CC[C@H](Oc2ccc3ncnc(Nc4ccc(F)c(Cl)c4)c3c2)C1. The monoisotopic (exact) mass is 469 g/mol. The van der Waals surface area contributed by atoms with Gasteiger partial charge in [0.1, 0.15) is 29.8 Å². The van der Waals surface area contributed by atoms with Gasteiger partial charge in [0.25, 0.3) is 0 Å². The van der Waals surface area contributed by atoms with Gasteiger partial charge in [0.2, 0.25) is 5.91 Å². The minimum absolute atomic E-state index is 0.000642. The van der Waals surface area contributed by atoms with Crippen molar-refractivity contribution in [2.24, 2.45) is 0 Å². The Morgan fingerprint density at radius 2 is 2.15 bits per heavy atom. The Hall–Kier alpha value is -3.23.